The third-order valence-corrected chi connectivity index (χ3v) is 6.99. The van der Waals surface area contributed by atoms with Crippen LogP contribution in [0.1, 0.15) is 77.6 Å². The smallest absolute Gasteiger partial charge is 0.187 e. The Morgan fingerprint density at radius 2 is 1.06 bits per heavy atom. The van der Waals surface area contributed by atoms with Crippen LogP contribution < -0.4 is 0 Å². The lowest BCUT2D eigenvalue weighted by molar-refractivity contribution is -0.359. The molecule has 0 radical (unpaired) electrons. The molecule has 2 fully saturated rings. The summed E-state index contributed by atoms with van der Waals surface area (Å²) in [6, 6.07) is 0. The van der Waals surface area contributed by atoms with Gasteiger partial charge in [0.1, 0.15) is 48.8 Å². The Balaban J connectivity index is 1.71. The van der Waals surface area contributed by atoms with E-state index in [2.05, 4.69) is 6.92 Å². The van der Waals surface area contributed by atoms with Gasteiger partial charge in [0.2, 0.25) is 0 Å². The Morgan fingerprint density at radius 1 is 0.556 bits per heavy atom. The second kappa shape index (κ2) is 17.2. The van der Waals surface area contributed by atoms with E-state index in [1.165, 1.54) is 51.4 Å². The fourth-order valence-electron chi connectivity index (χ4n) is 4.66. The third-order valence-electron chi connectivity index (χ3n) is 6.99. The second-order valence-corrected chi connectivity index (χ2v) is 9.91. The van der Waals surface area contributed by atoms with Gasteiger partial charge in [-0.2, -0.15) is 0 Å². The fraction of sp³-hybridized carbons (Fsp3) is 1.00. The van der Waals surface area contributed by atoms with Gasteiger partial charge in [-0.3, -0.25) is 0 Å². The van der Waals surface area contributed by atoms with Crippen molar-refractivity contribution in [2.75, 3.05) is 19.8 Å². The number of hydrogen-bond donors (Lipinski definition) is 7. The molecule has 2 saturated heterocycles. The molecule has 0 spiro atoms. The molecule has 0 aliphatic carbocycles. The van der Waals surface area contributed by atoms with Crippen molar-refractivity contribution in [3.8, 4) is 0 Å². The van der Waals surface area contributed by atoms with Gasteiger partial charge in [-0.25, -0.2) is 0 Å². The summed E-state index contributed by atoms with van der Waals surface area (Å²) in [6.45, 7) is 1.32. The minimum absolute atomic E-state index is 0.321. The van der Waals surface area contributed by atoms with E-state index in [9.17, 15) is 35.7 Å². The monoisotopic (exact) mass is 524 g/mol. The van der Waals surface area contributed by atoms with Crippen molar-refractivity contribution in [2.24, 2.45) is 0 Å². The van der Waals surface area contributed by atoms with Crippen LogP contribution >= 0.6 is 0 Å². The van der Waals surface area contributed by atoms with Crippen LogP contribution in [0.15, 0.2) is 0 Å². The molecular weight excluding hydrogens is 476 g/mol. The van der Waals surface area contributed by atoms with Crippen molar-refractivity contribution >= 4 is 0 Å². The molecular formula is C25H48O11. The summed E-state index contributed by atoms with van der Waals surface area (Å²) in [5.41, 5.74) is 0. The maximum atomic E-state index is 10.6. The van der Waals surface area contributed by atoms with Crippen molar-refractivity contribution in [1.29, 1.82) is 0 Å². The Hall–Kier alpha value is -0.440. The molecule has 11 nitrogen and oxygen atoms in total. The van der Waals surface area contributed by atoms with Gasteiger partial charge in [-0.05, 0) is 6.42 Å². The first-order valence-corrected chi connectivity index (χ1v) is 13.6. The number of hydrogen-bond acceptors (Lipinski definition) is 11. The third kappa shape index (κ3) is 9.39. The molecule has 2 heterocycles. The van der Waals surface area contributed by atoms with Crippen LogP contribution in [-0.2, 0) is 18.9 Å². The minimum Gasteiger partial charge on any atom is -0.394 e. The van der Waals surface area contributed by atoms with Gasteiger partial charge in [-0.15, -0.1) is 0 Å². The van der Waals surface area contributed by atoms with Gasteiger partial charge in [-0.1, -0.05) is 71.1 Å². The highest BCUT2D eigenvalue weighted by molar-refractivity contribution is 4.94. The molecule has 0 bridgehead atoms. The first-order chi connectivity index (χ1) is 17.3. The molecule has 2 rings (SSSR count). The van der Waals surface area contributed by atoms with Crippen LogP contribution in [0.2, 0.25) is 0 Å². The average molecular weight is 525 g/mol. The van der Waals surface area contributed by atoms with Crippen LogP contribution in [0, 0.1) is 0 Å². The van der Waals surface area contributed by atoms with Crippen LogP contribution in [-0.4, -0.2) is 117 Å². The Labute approximate surface area is 214 Å². The van der Waals surface area contributed by atoms with Gasteiger partial charge in [0, 0.05) is 6.61 Å². The molecule has 0 aromatic heterocycles. The van der Waals surface area contributed by atoms with E-state index in [1.807, 2.05) is 0 Å². The van der Waals surface area contributed by atoms with E-state index in [0.717, 1.165) is 19.3 Å². The first-order valence-electron chi connectivity index (χ1n) is 13.6. The van der Waals surface area contributed by atoms with Crippen LogP contribution in [0.3, 0.4) is 0 Å². The standard InChI is InChI=1S/C25H48O11/c1-2-3-4-5-6-7-8-9-10-11-12-13-33-24-22(32)20(30)23(17(15-27)35-24)36-25-21(31)19(29)18(28)16(14-26)34-25/h16-32H,2-15H2,1H3/t16-,17-,18-,19+,20-,21-,22-,23-,24-,25-/m1/s1. The zero-order valence-corrected chi connectivity index (χ0v) is 21.4. The molecule has 7 N–H and O–H groups in total. The summed E-state index contributed by atoms with van der Waals surface area (Å²) in [7, 11) is 0. The number of aliphatic hydroxyl groups excluding tert-OH is 7. The summed E-state index contributed by atoms with van der Waals surface area (Å²) in [5.74, 6) is 0. The minimum atomic E-state index is -1.69. The lowest BCUT2D eigenvalue weighted by Gasteiger charge is -2.45. The first kappa shape index (κ1) is 31.8. The molecule has 11 heteroatoms. The summed E-state index contributed by atoms with van der Waals surface area (Å²) in [5, 5.41) is 70.2. The molecule has 0 aromatic carbocycles. The van der Waals surface area contributed by atoms with E-state index in [-0.39, 0.29) is 0 Å². The van der Waals surface area contributed by atoms with Crippen LogP contribution in [0.25, 0.3) is 0 Å². The topological polar surface area (TPSA) is 179 Å². The molecule has 0 unspecified atom stereocenters. The highest BCUT2D eigenvalue weighted by Gasteiger charge is 2.50. The van der Waals surface area contributed by atoms with E-state index >= 15 is 0 Å². The Morgan fingerprint density at radius 3 is 1.61 bits per heavy atom. The van der Waals surface area contributed by atoms with E-state index in [1.54, 1.807) is 0 Å². The molecule has 0 aromatic rings. The Bertz CT molecular complexity index is 564. The van der Waals surface area contributed by atoms with Crippen molar-refractivity contribution in [3.05, 3.63) is 0 Å². The summed E-state index contributed by atoms with van der Waals surface area (Å²) >= 11 is 0. The molecule has 214 valence electrons. The second-order valence-electron chi connectivity index (χ2n) is 9.91. The molecule has 2 aliphatic rings. The SMILES string of the molecule is CCCCCCCCCCCCCO[C@@H]1O[C@H](CO)[C@@H](O[C@H]2O[C@H](CO)[C@@H](O)[C@H](O)[C@H]2O)[C@H](O)[C@H]1O. The lowest BCUT2D eigenvalue weighted by atomic mass is 9.97. The predicted molar refractivity (Wildman–Crippen MR) is 129 cm³/mol. The fourth-order valence-corrected chi connectivity index (χ4v) is 4.66. The summed E-state index contributed by atoms with van der Waals surface area (Å²) < 4.78 is 22.1. The van der Waals surface area contributed by atoms with Gasteiger partial charge in [0.05, 0.1) is 13.2 Å². The zero-order chi connectivity index (χ0) is 26.5. The van der Waals surface area contributed by atoms with E-state index in [4.69, 9.17) is 18.9 Å². The van der Waals surface area contributed by atoms with E-state index in [0.29, 0.717) is 6.61 Å². The van der Waals surface area contributed by atoms with Gasteiger partial charge < -0.3 is 54.7 Å². The summed E-state index contributed by atoms with van der Waals surface area (Å²) in [4.78, 5) is 0. The molecule has 0 saturated carbocycles. The zero-order valence-electron chi connectivity index (χ0n) is 21.4. The lowest BCUT2D eigenvalue weighted by Crippen LogP contribution is -2.64. The predicted octanol–water partition coefficient (Wildman–Crippen LogP) is -0.0619. The number of rotatable bonds is 17. The number of aliphatic hydroxyl groups is 7. The number of unbranched alkanes of at least 4 members (excludes halogenated alkanes) is 10. The highest BCUT2D eigenvalue weighted by Crippen LogP contribution is 2.29. The quantitative estimate of drug-likeness (QED) is 0.127. The highest BCUT2D eigenvalue weighted by atomic mass is 16.7. The summed E-state index contributed by atoms with van der Waals surface area (Å²) in [6.07, 6.45) is -1.24. The maximum absolute atomic E-state index is 10.6. The van der Waals surface area contributed by atoms with Crippen LogP contribution in [0.5, 0.6) is 0 Å². The van der Waals surface area contributed by atoms with E-state index < -0.39 is 74.6 Å². The van der Waals surface area contributed by atoms with Crippen LogP contribution in [0.4, 0.5) is 0 Å². The maximum Gasteiger partial charge on any atom is 0.187 e. The largest absolute Gasteiger partial charge is 0.394 e. The van der Waals surface area contributed by atoms with Crippen molar-refractivity contribution in [3.63, 3.8) is 0 Å². The van der Waals surface area contributed by atoms with Crippen molar-refractivity contribution in [2.45, 2.75) is 139 Å². The van der Waals surface area contributed by atoms with Crippen molar-refractivity contribution in [1.82, 2.24) is 0 Å². The average Bonchev–Trinajstić information content (AvgIpc) is 2.88. The van der Waals surface area contributed by atoms with Gasteiger partial charge in [0.25, 0.3) is 0 Å². The Kier molecular flexibility index (Phi) is 15.2. The molecule has 2 aliphatic heterocycles. The molecule has 36 heavy (non-hydrogen) atoms. The molecule has 0 amide bonds. The normalized spacial score (nSPS) is 37.3. The van der Waals surface area contributed by atoms with Gasteiger partial charge >= 0.3 is 0 Å². The van der Waals surface area contributed by atoms with Gasteiger partial charge in [0.15, 0.2) is 12.6 Å². The van der Waals surface area contributed by atoms with Crippen molar-refractivity contribution < 1.29 is 54.7 Å². The molecule has 10 atom stereocenters. The number of ether oxygens (including phenoxy) is 4.